The summed E-state index contributed by atoms with van der Waals surface area (Å²) in [4.78, 5) is 9.94. The number of guanidine groups is 1. The molecule has 6 heteroatoms. The molecule has 0 radical (unpaired) electrons. The Hall–Kier alpha value is -0.340. The standard InChI is InChI=1S/C17H30N4S.HI/c1-4-18-17(20-13-16-9-8-15(3)22-16)19-10-12-21-11-6-5-7-14(21)2;/h8-9,14H,4-7,10-13H2,1-3H3,(H2,18,19,20);1H. The first-order chi connectivity index (χ1) is 10.7. The SMILES string of the molecule is CCNC(=NCc1ccc(C)s1)NCCN1CCCCC1C.I. The van der Waals surface area contributed by atoms with Crippen molar-refractivity contribution in [2.75, 3.05) is 26.2 Å². The van der Waals surface area contributed by atoms with E-state index in [1.807, 2.05) is 11.3 Å². The maximum Gasteiger partial charge on any atom is 0.191 e. The van der Waals surface area contributed by atoms with Crippen LogP contribution in [0, 0.1) is 6.92 Å². The lowest BCUT2D eigenvalue weighted by Gasteiger charge is -2.33. The summed E-state index contributed by atoms with van der Waals surface area (Å²) in [5, 5.41) is 6.80. The number of rotatable bonds is 6. The van der Waals surface area contributed by atoms with Crippen LogP contribution in [-0.2, 0) is 6.54 Å². The van der Waals surface area contributed by atoms with Crippen LogP contribution in [0.25, 0.3) is 0 Å². The van der Waals surface area contributed by atoms with E-state index in [0.717, 1.165) is 38.2 Å². The summed E-state index contributed by atoms with van der Waals surface area (Å²) in [5.74, 6) is 0.929. The first kappa shape index (κ1) is 20.7. The maximum atomic E-state index is 4.69. The lowest BCUT2D eigenvalue weighted by molar-refractivity contribution is 0.163. The summed E-state index contributed by atoms with van der Waals surface area (Å²) in [6.45, 7) is 11.6. The number of nitrogens with zero attached hydrogens (tertiary/aromatic N) is 2. The number of hydrogen-bond donors (Lipinski definition) is 2. The van der Waals surface area contributed by atoms with Crippen molar-refractivity contribution in [1.82, 2.24) is 15.5 Å². The molecule has 4 nitrogen and oxygen atoms in total. The van der Waals surface area contributed by atoms with Gasteiger partial charge in [0.1, 0.15) is 0 Å². The average molecular weight is 450 g/mol. The van der Waals surface area contributed by atoms with Gasteiger partial charge in [0, 0.05) is 35.4 Å². The predicted octanol–water partition coefficient (Wildman–Crippen LogP) is 3.60. The molecule has 132 valence electrons. The second kappa shape index (κ2) is 11.3. The molecule has 1 saturated heterocycles. The number of aliphatic imine (C=N–C) groups is 1. The van der Waals surface area contributed by atoms with Crippen LogP contribution in [0.5, 0.6) is 0 Å². The molecule has 0 saturated carbocycles. The summed E-state index contributed by atoms with van der Waals surface area (Å²) in [7, 11) is 0. The van der Waals surface area contributed by atoms with Crippen molar-refractivity contribution < 1.29 is 0 Å². The van der Waals surface area contributed by atoms with Crippen molar-refractivity contribution in [1.29, 1.82) is 0 Å². The van der Waals surface area contributed by atoms with Gasteiger partial charge in [0.25, 0.3) is 0 Å². The molecule has 2 heterocycles. The molecule has 23 heavy (non-hydrogen) atoms. The molecule has 2 rings (SSSR count). The van der Waals surface area contributed by atoms with Crippen molar-refractivity contribution in [2.24, 2.45) is 4.99 Å². The van der Waals surface area contributed by atoms with Gasteiger partial charge >= 0.3 is 0 Å². The van der Waals surface area contributed by atoms with Crippen molar-refractivity contribution in [3.63, 3.8) is 0 Å². The van der Waals surface area contributed by atoms with Crippen molar-refractivity contribution in [2.45, 2.75) is 52.6 Å². The van der Waals surface area contributed by atoms with Gasteiger partial charge in [0.2, 0.25) is 0 Å². The molecular formula is C17H31IN4S. The van der Waals surface area contributed by atoms with Gasteiger partial charge in [-0.15, -0.1) is 35.3 Å². The van der Waals surface area contributed by atoms with Crippen molar-refractivity contribution in [3.05, 3.63) is 21.9 Å². The van der Waals surface area contributed by atoms with Gasteiger partial charge in [-0.2, -0.15) is 0 Å². The minimum Gasteiger partial charge on any atom is -0.357 e. The van der Waals surface area contributed by atoms with E-state index in [2.05, 4.69) is 53.4 Å². The zero-order valence-electron chi connectivity index (χ0n) is 14.6. The summed E-state index contributed by atoms with van der Waals surface area (Å²) in [6, 6.07) is 5.06. The van der Waals surface area contributed by atoms with Crippen LogP contribution in [0.2, 0.25) is 0 Å². The first-order valence-corrected chi connectivity index (χ1v) is 9.32. The van der Waals surface area contributed by atoms with E-state index in [1.165, 1.54) is 35.6 Å². The average Bonchev–Trinajstić information content (AvgIpc) is 2.92. The van der Waals surface area contributed by atoms with E-state index in [-0.39, 0.29) is 24.0 Å². The lowest BCUT2D eigenvalue weighted by atomic mass is 10.0. The van der Waals surface area contributed by atoms with Crippen LogP contribution in [0.4, 0.5) is 0 Å². The smallest absolute Gasteiger partial charge is 0.191 e. The van der Waals surface area contributed by atoms with Crippen LogP contribution in [-0.4, -0.2) is 43.1 Å². The van der Waals surface area contributed by atoms with E-state index in [1.54, 1.807) is 0 Å². The highest BCUT2D eigenvalue weighted by atomic mass is 127. The second-order valence-corrected chi connectivity index (χ2v) is 7.39. The summed E-state index contributed by atoms with van der Waals surface area (Å²) >= 11 is 1.82. The van der Waals surface area contributed by atoms with Crippen LogP contribution in [0.1, 0.15) is 42.9 Å². The molecule has 0 spiro atoms. The third kappa shape index (κ3) is 7.39. The third-order valence-electron chi connectivity index (χ3n) is 4.17. The summed E-state index contributed by atoms with van der Waals surface area (Å²) in [5.41, 5.74) is 0. The van der Waals surface area contributed by atoms with E-state index in [4.69, 9.17) is 0 Å². The maximum absolute atomic E-state index is 4.69. The molecule has 1 fully saturated rings. The molecule has 1 aromatic heterocycles. The predicted molar refractivity (Wildman–Crippen MR) is 112 cm³/mol. The fraction of sp³-hybridized carbons (Fsp3) is 0.706. The summed E-state index contributed by atoms with van der Waals surface area (Å²) in [6.07, 6.45) is 4.07. The molecule has 0 aromatic carbocycles. The molecule has 0 bridgehead atoms. The number of hydrogen-bond acceptors (Lipinski definition) is 3. The van der Waals surface area contributed by atoms with Crippen LogP contribution < -0.4 is 10.6 Å². The van der Waals surface area contributed by atoms with Gasteiger partial charge in [-0.3, -0.25) is 4.90 Å². The van der Waals surface area contributed by atoms with Crippen molar-refractivity contribution in [3.8, 4) is 0 Å². The monoisotopic (exact) mass is 450 g/mol. The zero-order chi connectivity index (χ0) is 15.8. The van der Waals surface area contributed by atoms with E-state index in [0.29, 0.717) is 0 Å². The molecular weight excluding hydrogens is 419 g/mol. The summed E-state index contributed by atoms with van der Waals surface area (Å²) < 4.78 is 0. The Labute approximate surface area is 162 Å². The molecule has 1 aliphatic rings. The Kier molecular flexibility index (Phi) is 10.1. The molecule has 1 aliphatic heterocycles. The molecule has 1 atom stereocenters. The fourth-order valence-electron chi connectivity index (χ4n) is 2.88. The third-order valence-corrected chi connectivity index (χ3v) is 5.15. The van der Waals surface area contributed by atoms with Crippen molar-refractivity contribution >= 4 is 41.3 Å². The minimum absolute atomic E-state index is 0. The Balaban J connectivity index is 0.00000264. The number of piperidine rings is 1. The molecule has 1 unspecified atom stereocenters. The lowest BCUT2D eigenvalue weighted by Crippen LogP contribution is -2.45. The van der Waals surface area contributed by atoms with Gasteiger partial charge in [0.15, 0.2) is 5.96 Å². The zero-order valence-corrected chi connectivity index (χ0v) is 17.7. The number of nitrogens with one attached hydrogen (secondary N) is 2. The van der Waals surface area contributed by atoms with Gasteiger partial charge in [0.05, 0.1) is 6.54 Å². The quantitative estimate of drug-likeness (QED) is 0.395. The second-order valence-electron chi connectivity index (χ2n) is 6.02. The molecule has 0 aliphatic carbocycles. The van der Waals surface area contributed by atoms with Gasteiger partial charge < -0.3 is 10.6 Å². The molecule has 1 aromatic rings. The number of aryl methyl sites for hydroxylation is 1. The highest BCUT2D eigenvalue weighted by Crippen LogP contribution is 2.16. The minimum atomic E-state index is 0. The van der Waals surface area contributed by atoms with Crippen LogP contribution >= 0.6 is 35.3 Å². The Morgan fingerprint density at radius 2 is 2.17 bits per heavy atom. The topological polar surface area (TPSA) is 39.7 Å². The van der Waals surface area contributed by atoms with Crippen LogP contribution in [0.15, 0.2) is 17.1 Å². The Morgan fingerprint density at radius 1 is 1.35 bits per heavy atom. The van der Waals surface area contributed by atoms with Crippen LogP contribution in [0.3, 0.4) is 0 Å². The highest BCUT2D eigenvalue weighted by Gasteiger charge is 2.17. The van der Waals surface area contributed by atoms with Gasteiger partial charge in [-0.05, 0) is 52.3 Å². The van der Waals surface area contributed by atoms with Gasteiger partial charge in [-0.1, -0.05) is 6.42 Å². The fourth-order valence-corrected chi connectivity index (χ4v) is 3.69. The Bertz CT molecular complexity index is 475. The van der Waals surface area contributed by atoms with Gasteiger partial charge in [-0.25, -0.2) is 4.99 Å². The molecule has 0 amide bonds. The largest absolute Gasteiger partial charge is 0.357 e. The highest BCUT2D eigenvalue weighted by molar-refractivity contribution is 14.0. The van der Waals surface area contributed by atoms with E-state index in [9.17, 15) is 0 Å². The number of likely N-dealkylation sites (tertiary alicyclic amines) is 1. The number of thiophene rings is 1. The normalized spacial score (nSPS) is 19.3. The first-order valence-electron chi connectivity index (χ1n) is 8.50. The number of halogens is 1. The Morgan fingerprint density at radius 3 is 2.83 bits per heavy atom. The molecule has 2 N–H and O–H groups in total. The van der Waals surface area contributed by atoms with E-state index >= 15 is 0 Å². The van der Waals surface area contributed by atoms with E-state index < -0.39 is 0 Å².